The molecule has 6 heteroatoms. The van der Waals surface area contributed by atoms with E-state index in [1.165, 1.54) is 5.01 Å². The van der Waals surface area contributed by atoms with Crippen LogP contribution >= 0.6 is 0 Å². The fourth-order valence-corrected chi connectivity index (χ4v) is 2.48. The smallest absolute Gasteiger partial charge is 0.410 e. The molecule has 0 aromatic heterocycles. The zero-order chi connectivity index (χ0) is 14.4. The van der Waals surface area contributed by atoms with Crippen LogP contribution in [-0.2, 0) is 9.53 Å². The molecular weight excluding hydrogens is 246 g/mol. The highest BCUT2D eigenvalue weighted by molar-refractivity contribution is 6.11. The molecule has 2 atom stereocenters. The molecule has 19 heavy (non-hydrogen) atoms. The summed E-state index contributed by atoms with van der Waals surface area (Å²) in [6, 6.07) is -0.192. The summed E-state index contributed by atoms with van der Waals surface area (Å²) >= 11 is 0. The SMILES string of the molecule is C[C@H]1C2=NN(C)C(=O)C2CCN1C(=O)OC(C)(C)C. The largest absolute Gasteiger partial charge is 0.444 e. The lowest BCUT2D eigenvalue weighted by molar-refractivity contribution is -0.130. The van der Waals surface area contributed by atoms with Crippen LogP contribution < -0.4 is 0 Å². The average molecular weight is 267 g/mol. The quantitative estimate of drug-likeness (QED) is 0.667. The van der Waals surface area contributed by atoms with E-state index in [0.29, 0.717) is 13.0 Å². The molecule has 0 bridgehead atoms. The molecule has 1 fully saturated rings. The normalized spacial score (nSPS) is 27.2. The number of hydrazone groups is 1. The van der Waals surface area contributed by atoms with Crippen LogP contribution in [0.5, 0.6) is 0 Å². The fourth-order valence-electron chi connectivity index (χ4n) is 2.48. The molecule has 2 aliphatic rings. The molecule has 0 radical (unpaired) electrons. The summed E-state index contributed by atoms with van der Waals surface area (Å²) in [4.78, 5) is 25.6. The summed E-state index contributed by atoms with van der Waals surface area (Å²) in [6.45, 7) is 7.94. The van der Waals surface area contributed by atoms with Gasteiger partial charge in [-0.3, -0.25) is 4.79 Å². The molecule has 1 unspecified atom stereocenters. The van der Waals surface area contributed by atoms with Gasteiger partial charge in [0.2, 0.25) is 0 Å². The molecule has 0 aromatic carbocycles. The first-order valence-electron chi connectivity index (χ1n) is 6.56. The Hall–Kier alpha value is -1.59. The van der Waals surface area contributed by atoms with Crippen LogP contribution in [0, 0.1) is 5.92 Å². The summed E-state index contributed by atoms with van der Waals surface area (Å²) in [5.74, 6) is -0.149. The fraction of sp³-hybridized carbons (Fsp3) is 0.769. The number of hydrogen-bond acceptors (Lipinski definition) is 4. The number of rotatable bonds is 0. The Bertz CT molecular complexity index is 439. The van der Waals surface area contributed by atoms with Crippen molar-refractivity contribution in [1.29, 1.82) is 0 Å². The number of nitrogens with zero attached hydrogens (tertiary/aromatic N) is 3. The molecule has 0 N–H and O–H groups in total. The summed E-state index contributed by atoms with van der Waals surface area (Å²) in [5, 5.41) is 5.62. The van der Waals surface area contributed by atoms with Crippen molar-refractivity contribution in [2.24, 2.45) is 11.0 Å². The lowest BCUT2D eigenvalue weighted by Crippen LogP contribution is -2.52. The number of likely N-dealkylation sites (tertiary alicyclic amines) is 1. The molecule has 2 aliphatic heterocycles. The summed E-state index contributed by atoms with van der Waals surface area (Å²) in [6.07, 6.45) is 0.272. The maximum atomic E-state index is 12.1. The van der Waals surface area contributed by atoms with Crippen LogP contribution in [0.15, 0.2) is 5.10 Å². The zero-order valence-electron chi connectivity index (χ0n) is 12.1. The molecular formula is C13H21N3O3. The Labute approximate surface area is 113 Å². The van der Waals surface area contributed by atoms with Gasteiger partial charge in [0, 0.05) is 13.6 Å². The minimum atomic E-state index is -0.516. The molecule has 0 aromatic rings. The van der Waals surface area contributed by atoms with Gasteiger partial charge in [0.15, 0.2) is 0 Å². The highest BCUT2D eigenvalue weighted by atomic mass is 16.6. The minimum Gasteiger partial charge on any atom is -0.444 e. The van der Waals surface area contributed by atoms with Gasteiger partial charge in [-0.25, -0.2) is 9.80 Å². The molecule has 2 heterocycles. The van der Waals surface area contributed by atoms with E-state index in [9.17, 15) is 9.59 Å². The van der Waals surface area contributed by atoms with Crippen molar-refractivity contribution in [3.8, 4) is 0 Å². The van der Waals surface area contributed by atoms with E-state index < -0.39 is 5.60 Å². The van der Waals surface area contributed by atoms with Crippen molar-refractivity contribution in [3.63, 3.8) is 0 Å². The first-order valence-corrected chi connectivity index (χ1v) is 6.56. The Morgan fingerprint density at radius 1 is 1.42 bits per heavy atom. The molecule has 1 saturated heterocycles. The maximum Gasteiger partial charge on any atom is 0.410 e. The van der Waals surface area contributed by atoms with E-state index in [4.69, 9.17) is 4.74 Å². The third-order valence-corrected chi connectivity index (χ3v) is 3.42. The Morgan fingerprint density at radius 2 is 2.05 bits per heavy atom. The standard InChI is InChI=1S/C13H21N3O3/c1-8-10-9(11(17)15(5)14-10)6-7-16(8)12(18)19-13(2,3)4/h8-9H,6-7H2,1-5H3/t8-,9?/m0/s1. The van der Waals surface area contributed by atoms with Crippen LogP contribution in [0.3, 0.4) is 0 Å². The number of carbonyl (C=O) groups is 2. The number of hydrogen-bond donors (Lipinski definition) is 0. The number of fused-ring (bicyclic) bond motifs is 1. The predicted molar refractivity (Wildman–Crippen MR) is 70.7 cm³/mol. The van der Waals surface area contributed by atoms with Crippen molar-refractivity contribution in [2.45, 2.75) is 45.8 Å². The first kappa shape index (κ1) is 13.8. The zero-order valence-corrected chi connectivity index (χ0v) is 12.1. The van der Waals surface area contributed by atoms with Crippen LogP contribution in [-0.4, -0.2) is 52.9 Å². The van der Waals surface area contributed by atoms with Gasteiger partial charge in [-0.2, -0.15) is 5.10 Å². The first-order chi connectivity index (χ1) is 8.70. The van der Waals surface area contributed by atoms with Crippen molar-refractivity contribution in [3.05, 3.63) is 0 Å². The van der Waals surface area contributed by atoms with Gasteiger partial charge in [0.05, 0.1) is 17.7 Å². The van der Waals surface area contributed by atoms with Crippen molar-refractivity contribution >= 4 is 17.7 Å². The molecule has 2 amide bonds. The van der Waals surface area contributed by atoms with E-state index in [1.54, 1.807) is 11.9 Å². The number of amides is 2. The molecule has 2 rings (SSSR count). The molecule has 106 valence electrons. The van der Waals surface area contributed by atoms with Crippen LogP contribution in [0.25, 0.3) is 0 Å². The highest BCUT2D eigenvalue weighted by Crippen LogP contribution is 2.28. The van der Waals surface area contributed by atoms with Crippen LogP contribution in [0.2, 0.25) is 0 Å². The summed E-state index contributed by atoms with van der Waals surface area (Å²) < 4.78 is 5.38. The van der Waals surface area contributed by atoms with Crippen molar-refractivity contribution in [2.75, 3.05) is 13.6 Å². The number of piperidine rings is 1. The average Bonchev–Trinajstić information content (AvgIpc) is 2.55. The van der Waals surface area contributed by atoms with Gasteiger partial charge in [-0.15, -0.1) is 0 Å². The number of carbonyl (C=O) groups excluding carboxylic acids is 2. The lowest BCUT2D eigenvalue weighted by atomic mass is 9.90. The Morgan fingerprint density at radius 3 is 2.63 bits per heavy atom. The van der Waals surface area contributed by atoms with Crippen molar-refractivity contribution < 1.29 is 14.3 Å². The van der Waals surface area contributed by atoms with Crippen molar-refractivity contribution in [1.82, 2.24) is 9.91 Å². The van der Waals surface area contributed by atoms with E-state index in [-0.39, 0.29) is 24.0 Å². The van der Waals surface area contributed by atoms with E-state index >= 15 is 0 Å². The van der Waals surface area contributed by atoms with Gasteiger partial charge in [0.1, 0.15) is 5.60 Å². The van der Waals surface area contributed by atoms with Gasteiger partial charge in [-0.1, -0.05) is 0 Å². The second kappa shape index (κ2) is 4.51. The summed E-state index contributed by atoms with van der Waals surface area (Å²) in [5.41, 5.74) is 0.252. The van der Waals surface area contributed by atoms with Gasteiger partial charge < -0.3 is 9.64 Å². The van der Waals surface area contributed by atoms with Gasteiger partial charge >= 0.3 is 6.09 Å². The molecule has 0 spiro atoms. The molecule has 0 saturated carbocycles. The second-order valence-electron chi connectivity index (χ2n) is 6.08. The topological polar surface area (TPSA) is 62.2 Å². The third kappa shape index (κ3) is 2.57. The minimum absolute atomic E-state index is 0.0192. The second-order valence-corrected chi connectivity index (χ2v) is 6.08. The third-order valence-electron chi connectivity index (χ3n) is 3.42. The molecule has 0 aliphatic carbocycles. The Balaban J connectivity index is 2.13. The summed E-state index contributed by atoms with van der Waals surface area (Å²) in [7, 11) is 1.65. The van der Waals surface area contributed by atoms with E-state index in [1.807, 2.05) is 27.7 Å². The highest BCUT2D eigenvalue weighted by Gasteiger charge is 2.44. The van der Waals surface area contributed by atoms with Crippen LogP contribution in [0.4, 0.5) is 4.79 Å². The molecule has 6 nitrogen and oxygen atoms in total. The maximum absolute atomic E-state index is 12.1. The van der Waals surface area contributed by atoms with Crippen LogP contribution in [0.1, 0.15) is 34.1 Å². The Kier molecular flexibility index (Phi) is 3.28. The predicted octanol–water partition coefficient (Wildman–Crippen LogP) is 1.46. The monoisotopic (exact) mass is 267 g/mol. The van der Waals surface area contributed by atoms with Gasteiger partial charge in [-0.05, 0) is 34.1 Å². The van der Waals surface area contributed by atoms with E-state index in [0.717, 1.165) is 5.71 Å². The lowest BCUT2D eigenvalue weighted by Gasteiger charge is -2.36. The van der Waals surface area contributed by atoms with Gasteiger partial charge in [0.25, 0.3) is 5.91 Å². The number of ether oxygens (including phenoxy) is 1. The van der Waals surface area contributed by atoms with E-state index in [2.05, 4.69) is 5.10 Å².